The van der Waals surface area contributed by atoms with Crippen LogP contribution in [0, 0.1) is 5.92 Å². The van der Waals surface area contributed by atoms with Gasteiger partial charge in [0.15, 0.2) is 0 Å². The summed E-state index contributed by atoms with van der Waals surface area (Å²) in [6.45, 7) is 0.605. The lowest BCUT2D eigenvalue weighted by Gasteiger charge is -2.15. The van der Waals surface area contributed by atoms with Crippen LogP contribution in [-0.2, 0) is 9.53 Å². The van der Waals surface area contributed by atoms with Gasteiger partial charge in [-0.1, -0.05) is 0 Å². The van der Waals surface area contributed by atoms with Crippen molar-refractivity contribution in [1.82, 2.24) is 14.9 Å². The van der Waals surface area contributed by atoms with Crippen LogP contribution in [0.2, 0.25) is 0 Å². The Balaban J connectivity index is 2.15. The van der Waals surface area contributed by atoms with Gasteiger partial charge in [-0.25, -0.2) is 4.79 Å². The quantitative estimate of drug-likeness (QED) is 0.647. The zero-order chi connectivity index (χ0) is 14.0. The zero-order valence-electron chi connectivity index (χ0n) is 10.3. The van der Waals surface area contributed by atoms with Gasteiger partial charge < -0.3 is 14.6 Å². The molecule has 0 aromatic carbocycles. The van der Waals surface area contributed by atoms with Crippen molar-refractivity contribution < 1.29 is 14.3 Å². The van der Waals surface area contributed by atoms with Crippen LogP contribution in [-0.4, -0.2) is 46.9 Å². The molecule has 1 atom stereocenters. The molecule has 1 unspecified atom stereocenters. The number of carbonyl (C=O) groups excluding carboxylic acids is 2. The SMILES string of the molecule is COC(=O)C1CCN(C(=O)c2cc(=O)[nH]c(=O)[nH]2)C1. The highest BCUT2D eigenvalue weighted by Gasteiger charge is 2.32. The number of aromatic nitrogens is 2. The highest BCUT2D eigenvalue weighted by molar-refractivity contribution is 5.92. The molecule has 2 heterocycles. The molecule has 1 amide bonds. The maximum atomic E-state index is 12.1. The molecule has 0 radical (unpaired) electrons. The summed E-state index contributed by atoms with van der Waals surface area (Å²) in [6, 6.07) is 1.02. The van der Waals surface area contributed by atoms with Gasteiger partial charge in [-0.2, -0.15) is 0 Å². The number of aromatic amines is 2. The average molecular weight is 267 g/mol. The van der Waals surface area contributed by atoms with Crippen molar-refractivity contribution in [2.45, 2.75) is 6.42 Å². The number of esters is 1. The maximum absolute atomic E-state index is 12.1. The lowest BCUT2D eigenvalue weighted by atomic mass is 10.1. The number of H-pyrrole nitrogens is 2. The Hall–Kier alpha value is -2.38. The van der Waals surface area contributed by atoms with E-state index in [1.165, 1.54) is 12.0 Å². The molecule has 2 N–H and O–H groups in total. The molecule has 102 valence electrons. The molecule has 2 rings (SSSR count). The number of hydrogen-bond acceptors (Lipinski definition) is 5. The Morgan fingerprint density at radius 2 is 2.11 bits per heavy atom. The monoisotopic (exact) mass is 267 g/mol. The van der Waals surface area contributed by atoms with Crippen molar-refractivity contribution in [1.29, 1.82) is 0 Å². The van der Waals surface area contributed by atoms with E-state index >= 15 is 0 Å². The summed E-state index contributed by atoms with van der Waals surface area (Å²) < 4.78 is 4.62. The predicted octanol–water partition coefficient (Wildman–Crippen LogP) is -1.30. The molecule has 1 aromatic rings. The second kappa shape index (κ2) is 5.09. The number of ether oxygens (including phenoxy) is 1. The van der Waals surface area contributed by atoms with Crippen LogP contribution in [0.4, 0.5) is 0 Å². The predicted molar refractivity (Wildman–Crippen MR) is 63.7 cm³/mol. The molecular weight excluding hydrogens is 254 g/mol. The second-order valence-electron chi connectivity index (χ2n) is 4.26. The van der Waals surface area contributed by atoms with Crippen molar-refractivity contribution in [3.05, 3.63) is 32.6 Å². The highest BCUT2D eigenvalue weighted by Crippen LogP contribution is 2.18. The number of likely N-dealkylation sites (tertiary alicyclic amines) is 1. The van der Waals surface area contributed by atoms with E-state index in [1.54, 1.807) is 0 Å². The normalized spacial score (nSPS) is 18.4. The van der Waals surface area contributed by atoms with E-state index in [1.807, 2.05) is 4.98 Å². The van der Waals surface area contributed by atoms with Gasteiger partial charge in [0.2, 0.25) is 0 Å². The fourth-order valence-electron chi connectivity index (χ4n) is 2.06. The van der Waals surface area contributed by atoms with Crippen molar-refractivity contribution in [2.24, 2.45) is 5.92 Å². The maximum Gasteiger partial charge on any atom is 0.326 e. The van der Waals surface area contributed by atoms with Gasteiger partial charge in [0, 0.05) is 19.2 Å². The fraction of sp³-hybridized carbons (Fsp3) is 0.455. The molecule has 0 saturated carbocycles. The van der Waals surface area contributed by atoms with E-state index in [2.05, 4.69) is 9.72 Å². The standard InChI is InChI=1S/C11H13N3O5/c1-19-10(17)6-2-3-14(5-6)9(16)7-4-8(15)13-11(18)12-7/h4,6H,2-3,5H2,1H3,(H2,12,13,15,18). The Morgan fingerprint density at radius 3 is 2.74 bits per heavy atom. The first-order valence-electron chi connectivity index (χ1n) is 5.72. The van der Waals surface area contributed by atoms with E-state index in [-0.39, 0.29) is 24.1 Å². The van der Waals surface area contributed by atoms with Crippen LogP contribution in [0.1, 0.15) is 16.9 Å². The molecule has 1 aromatic heterocycles. The molecule has 8 heteroatoms. The number of carbonyl (C=O) groups is 2. The summed E-state index contributed by atoms with van der Waals surface area (Å²) in [5.41, 5.74) is -1.46. The summed E-state index contributed by atoms with van der Waals surface area (Å²) in [7, 11) is 1.29. The highest BCUT2D eigenvalue weighted by atomic mass is 16.5. The molecule has 0 spiro atoms. The van der Waals surface area contributed by atoms with Crippen molar-refractivity contribution >= 4 is 11.9 Å². The molecule has 1 aliphatic rings. The van der Waals surface area contributed by atoms with Crippen LogP contribution in [0.15, 0.2) is 15.7 Å². The van der Waals surface area contributed by atoms with E-state index < -0.39 is 17.2 Å². The third-order valence-corrected chi connectivity index (χ3v) is 3.00. The fourth-order valence-corrected chi connectivity index (χ4v) is 2.06. The Kier molecular flexibility index (Phi) is 3.50. The lowest BCUT2D eigenvalue weighted by molar-refractivity contribution is -0.144. The minimum absolute atomic E-state index is 0.0840. The summed E-state index contributed by atoms with van der Waals surface area (Å²) in [6.07, 6.45) is 0.506. The van der Waals surface area contributed by atoms with Crippen molar-refractivity contribution in [2.75, 3.05) is 20.2 Å². The first kappa shape index (κ1) is 13.1. The van der Waals surface area contributed by atoms with E-state index in [9.17, 15) is 19.2 Å². The van der Waals surface area contributed by atoms with Gasteiger partial charge in [-0.3, -0.25) is 19.4 Å². The van der Waals surface area contributed by atoms with Crippen LogP contribution >= 0.6 is 0 Å². The molecule has 0 bridgehead atoms. The first-order chi connectivity index (χ1) is 9.01. The smallest absolute Gasteiger partial charge is 0.326 e. The second-order valence-corrected chi connectivity index (χ2v) is 4.26. The van der Waals surface area contributed by atoms with Crippen LogP contribution in [0.5, 0.6) is 0 Å². The minimum atomic E-state index is -0.737. The molecular formula is C11H13N3O5. The first-order valence-corrected chi connectivity index (χ1v) is 5.72. The summed E-state index contributed by atoms with van der Waals surface area (Å²) in [4.78, 5) is 51.3. The Labute approximate surface area is 107 Å². The Bertz CT molecular complexity index is 589. The summed E-state index contributed by atoms with van der Waals surface area (Å²) in [5, 5.41) is 0. The molecule has 8 nitrogen and oxygen atoms in total. The molecule has 0 aliphatic carbocycles. The van der Waals surface area contributed by atoms with Gasteiger partial charge in [0.1, 0.15) is 5.69 Å². The number of nitrogens with one attached hydrogen (secondary N) is 2. The van der Waals surface area contributed by atoms with Gasteiger partial charge in [0.25, 0.3) is 11.5 Å². The molecule has 1 fully saturated rings. The zero-order valence-corrected chi connectivity index (χ0v) is 10.3. The Morgan fingerprint density at radius 1 is 1.37 bits per heavy atom. The number of nitrogens with zero attached hydrogens (tertiary/aromatic N) is 1. The van der Waals surface area contributed by atoms with Crippen LogP contribution in [0.25, 0.3) is 0 Å². The van der Waals surface area contributed by atoms with Crippen molar-refractivity contribution in [3.8, 4) is 0 Å². The topological polar surface area (TPSA) is 112 Å². The average Bonchev–Trinajstić information content (AvgIpc) is 2.85. The van der Waals surface area contributed by atoms with Gasteiger partial charge in [-0.05, 0) is 6.42 Å². The van der Waals surface area contributed by atoms with E-state index in [0.29, 0.717) is 13.0 Å². The van der Waals surface area contributed by atoms with Gasteiger partial charge >= 0.3 is 11.7 Å². The summed E-state index contributed by atoms with van der Waals surface area (Å²) >= 11 is 0. The van der Waals surface area contributed by atoms with Crippen LogP contribution < -0.4 is 11.2 Å². The van der Waals surface area contributed by atoms with Crippen LogP contribution in [0.3, 0.4) is 0 Å². The molecule has 19 heavy (non-hydrogen) atoms. The van der Waals surface area contributed by atoms with E-state index in [4.69, 9.17) is 0 Å². The number of methoxy groups -OCH3 is 1. The number of amides is 1. The largest absolute Gasteiger partial charge is 0.469 e. The van der Waals surface area contributed by atoms with Crippen molar-refractivity contribution in [3.63, 3.8) is 0 Å². The van der Waals surface area contributed by atoms with Gasteiger partial charge in [0.05, 0.1) is 13.0 Å². The van der Waals surface area contributed by atoms with Gasteiger partial charge in [-0.15, -0.1) is 0 Å². The number of hydrogen-bond donors (Lipinski definition) is 2. The lowest BCUT2D eigenvalue weighted by Crippen LogP contribution is -2.34. The third-order valence-electron chi connectivity index (χ3n) is 3.00. The third kappa shape index (κ3) is 2.72. The number of rotatable bonds is 2. The summed E-state index contributed by atoms with van der Waals surface area (Å²) in [5.74, 6) is -1.20. The molecule has 1 saturated heterocycles. The van der Waals surface area contributed by atoms with E-state index in [0.717, 1.165) is 6.07 Å². The molecule has 1 aliphatic heterocycles. The minimum Gasteiger partial charge on any atom is -0.469 e.